The lowest BCUT2D eigenvalue weighted by molar-refractivity contribution is 0.0507. The maximum Gasteiger partial charge on any atom is 0.0583 e. The lowest BCUT2D eigenvalue weighted by Crippen LogP contribution is -2.26. The number of hydrogen-bond donors (Lipinski definition) is 2. The van der Waals surface area contributed by atoms with Gasteiger partial charge in [-0.05, 0) is 19.3 Å². The maximum atomic E-state index is 8.65. The highest BCUT2D eigenvalue weighted by atomic mass is 16.5. The Morgan fingerprint density at radius 1 is 1.42 bits per heavy atom. The van der Waals surface area contributed by atoms with Crippen LogP contribution < -0.4 is 5.73 Å². The van der Waals surface area contributed by atoms with Crippen LogP contribution in [0.15, 0.2) is 0 Å². The van der Waals surface area contributed by atoms with Crippen molar-refractivity contribution in [2.75, 3.05) is 13.2 Å². The van der Waals surface area contributed by atoms with E-state index in [2.05, 4.69) is 0 Å². The van der Waals surface area contributed by atoms with E-state index in [4.69, 9.17) is 15.6 Å². The van der Waals surface area contributed by atoms with Crippen molar-refractivity contribution in [2.24, 2.45) is 5.73 Å². The minimum atomic E-state index is -0.105. The van der Waals surface area contributed by atoms with Crippen LogP contribution in [0, 0.1) is 0 Å². The second-order valence-electron chi connectivity index (χ2n) is 3.51. The Morgan fingerprint density at radius 3 is 2.67 bits per heavy atom. The van der Waals surface area contributed by atoms with Gasteiger partial charge in [0.2, 0.25) is 0 Å². The van der Waals surface area contributed by atoms with Crippen molar-refractivity contribution in [3.63, 3.8) is 0 Å². The summed E-state index contributed by atoms with van der Waals surface area (Å²) in [6.45, 7) is 0.764. The summed E-state index contributed by atoms with van der Waals surface area (Å²) in [6, 6.07) is -0.105. The van der Waals surface area contributed by atoms with Crippen LogP contribution in [-0.2, 0) is 4.74 Å². The first-order chi connectivity index (χ1) is 5.83. The molecule has 0 aromatic carbocycles. The van der Waals surface area contributed by atoms with Crippen LogP contribution in [0.5, 0.6) is 0 Å². The number of nitrogens with two attached hydrogens (primary N) is 1. The van der Waals surface area contributed by atoms with Crippen LogP contribution >= 0.6 is 0 Å². The molecule has 1 unspecified atom stereocenters. The molecule has 0 amide bonds. The van der Waals surface area contributed by atoms with E-state index in [-0.39, 0.29) is 12.6 Å². The van der Waals surface area contributed by atoms with Gasteiger partial charge >= 0.3 is 0 Å². The Kier molecular flexibility index (Phi) is 4.58. The minimum absolute atomic E-state index is 0.0635. The third-order valence-electron chi connectivity index (χ3n) is 2.38. The van der Waals surface area contributed by atoms with E-state index >= 15 is 0 Å². The van der Waals surface area contributed by atoms with Gasteiger partial charge in [0.1, 0.15) is 0 Å². The molecule has 0 spiro atoms. The Morgan fingerprint density at radius 2 is 2.08 bits per heavy atom. The molecule has 1 rings (SSSR count). The van der Waals surface area contributed by atoms with Crippen molar-refractivity contribution < 1.29 is 9.84 Å². The molecule has 0 aromatic rings. The fraction of sp³-hybridized carbons (Fsp3) is 1.00. The number of aliphatic hydroxyl groups excluding tert-OH is 1. The molecule has 0 bridgehead atoms. The van der Waals surface area contributed by atoms with Crippen molar-refractivity contribution >= 4 is 0 Å². The van der Waals surface area contributed by atoms with Crippen molar-refractivity contribution in [1.29, 1.82) is 0 Å². The molecule has 3 heteroatoms. The summed E-state index contributed by atoms with van der Waals surface area (Å²) in [5.74, 6) is 0. The molecule has 0 aromatic heterocycles. The van der Waals surface area contributed by atoms with Crippen LogP contribution in [0.25, 0.3) is 0 Å². The molecule has 3 N–H and O–H groups in total. The minimum Gasteiger partial charge on any atom is -0.395 e. The zero-order valence-electron chi connectivity index (χ0n) is 7.54. The number of ether oxygens (including phenoxy) is 1. The normalized spacial score (nSPS) is 21.5. The predicted octanol–water partition coefficient (Wildman–Crippen LogP) is 0.655. The van der Waals surface area contributed by atoms with E-state index in [0.717, 1.165) is 6.42 Å². The molecule has 1 atom stereocenters. The first-order valence-corrected chi connectivity index (χ1v) is 4.81. The molecule has 1 aliphatic carbocycles. The smallest absolute Gasteiger partial charge is 0.0583 e. The Hall–Kier alpha value is -0.120. The molecule has 3 nitrogen and oxygen atoms in total. The first-order valence-electron chi connectivity index (χ1n) is 4.81. The van der Waals surface area contributed by atoms with Gasteiger partial charge in [-0.1, -0.05) is 12.8 Å². The van der Waals surface area contributed by atoms with E-state index in [9.17, 15) is 0 Å². The zero-order valence-corrected chi connectivity index (χ0v) is 7.54. The second kappa shape index (κ2) is 5.51. The zero-order chi connectivity index (χ0) is 8.81. The van der Waals surface area contributed by atoms with Crippen LogP contribution in [0.3, 0.4) is 0 Å². The van der Waals surface area contributed by atoms with Crippen LogP contribution in [-0.4, -0.2) is 30.5 Å². The van der Waals surface area contributed by atoms with Gasteiger partial charge in [-0.15, -0.1) is 0 Å². The van der Waals surface area contributed by atoms with Crippen LogP contribution in [0.2, 0.25) is 0 Å². The third kappa shape index (κ3) is 3.52. The topological polar surface area (TPSA) is 55.5 Å². The lowest BCUT2D eigenvalue weighted by Gasteiger charge is -2.12. The van der Waals surface area contributed by atoms with Gasteiger partial charge in [0.05, 0.1) is 12.7 Å². The van der Waals surface area contributed by atoms with E-state index in [0.29, 0.717) is 12.7 Å². The van der Waals surface area contributed by atoms with Gasteiger partial charge in [0.25, 0.3) is 0 Å². The van der Waals surface area contributed by atoms with E-state index in [1.54, 1.807) is 0 Å². The summed E-state index contributed by atoms with van der Waals surface area (Å²) < 4.78 is 5.58. The van der Waals surface area contributed by atoms with Crippen LogP contribution in [0.4, 0.5) is 0 Å². The molecule has 0 saturated heterocycles. The van der Waals surface area contributed by atoms with Crippen molar-refractivity contribution in [3.05, 3.63) is 0 Å². The largest absolute Gasteiger partial charge is 0.395 e. The number of rotatable bonds is 5. The molecule has 12 heavy (non-hydrogen) atoms. The predicted molar refractivity (Wildman–Crippen MR) is 47.9 cm³/mol. The SMILES string of the molecule is NC(CO)CCOC1CCCC1. The average molecular weight is 173 g/mol. The molecular weight excluding hydrogens is 154 g/mol. The summed E-state index contributed by atoms with van der Waals surface area (Å²) >= 11 is 0. The average Bonchev–Trinajstić information content (AvgIpc) is 2.57. The Labute approximate surface area is 73.9 Å². The summed E-state index contributed by atoms with van der Waals surface area (Å²) in [4.78, 5) is 0. The first kappa shape index (κ1) is 9.96. The quantitative estimate of drug-likeness (QED) is 0.642. The van der Waals surface area contributed by atoms with Gasteiger partial charge in [0, 0.05) is 12.6 Å². The van der Waals surface area contributed by atoms with E-state index in [1.807, 2.05) is 0 Å². The Bertz CT molecular complexity index is 113. The maximum absolute atomic E-state index is 8.65. The second-order valence-corrected chi connectivity index (χ2v) is 3.51. The van der Waals surface area contributed by atoms with Crippen molar-refractivity contribution in [3.8, 4) is 0 Å². The molecule has 72 valence electrons. The lowest BCUT2D eigenvalue weighted by atomic mass is 10.2. The van der Waals surface area contributed by atoms with Gasteiger partial charge in [-0.25, -0.2) is 0 Å². The molecule has 1 aliphatic rings. The van der Waals surface area contributed by atoms with E-state index in [1.165, 1.54) is 25.7 Å². The van der Waals surface area contributed by atoms with Gasteiger partial charge < -0.3 is 15.6 Å². The molecule has 1 fully saturated rings. The summed E-state index contributed by atoms with van der Waals surface area (Å²) in [5.41, 5.74) is 5.53. The highest BCUT2D eigenvalue weighted by Gasteiger charge is 2.15. The molecule has 1 saturated carbocycles. The van der Waals surface area contributed by atoms with Gasteiger partial charge in [-0.3, -0.25) is 0 Å². The fourth-order valence-corrected chi connectivity index (χ4v) is 1.53. The van der Waals surface area contributed by atoms with E-state index < -0.39 is 0 Å². The third-order valence-corrected chi connectivity index (χ3v) is 2.38. The molecule has 0 radical (unpaired) electrons. The van der Waals surface area contributed by atoms with Crippen LogP contribution in [0.1, 0.15) is 32.1 Å². The number of hydrogen-bond acceptors (Lipinski definition) is 3. The summed E-state index contributed by atoms with van der Waals surface area (Å²) in [7, 11) is 0. The monoisotopic (exact) mass is 173 g/mol. The summed E-state index contributed by atoms with van der Waals surface area (Å²) in [6.07, 6.45) is 6.25. The van der Waals surface area contributed by atoms with Gasteiger partial charge in [0.15, 0.2) is 0 Å². The number of aliphatic hydroxyl groups is 1. The fourth-order valence-electron chi connectivity index (χ4n) is 1.53. The highest BCUT2D eigenvalue weighted by Crippen LogP contribution is 2.20. The standard InChI is InChI=1S/C9H19NO2/c10-8(7-11)5-6-12-9-3-1-2-4-9/h8-9,11H,1-7,10H2. The molecule has 0 aliphatic heterocycles. The molecule has 0 heterocycles. The summed E-state index contributed by atoms with van der Waals surface area (Å²) in [5, 5.41) is 8.65. The molecular formula is C9H19NO2. The highest BCUT2D eigenvalue weighted by molar-refractivity contribution is 4.67. The Balaban J connectivity index is 1.94. The van der Waals surface area contributed by atoms with Crippen molar-refractivity contribution in [2.45, 2.75) is 44.2 Å². The van der Waals surface area contributed by atoms with Crippen molar-refractivity contribution in [1.82, 2.24) is 0 Å². The van der Waals surface area contributed by atoms with Gasteiger partial charge in [-0.2, -0.15) is 0 Å².